The van der Waals surface area contributed by atoms with Crippen LogP contribution >= 0.6 is 11.6 Å². The number of hydrogen-bond donors (Lipinski definition) is 2. The Labute approximate surface area is 143 Å². The summed E-state index contributed by atoms with van der Waals surface area (Å²) in [6.07, 6.45) is 0. The molecule has 0 aliphatic rings. The first-order chi connectivity index (χ1) is 11.6. The molecular formula is C16H14ClN5O2. The summed E-state index contributed by atoms with van der Waals surface area (Å²) < 4.78 is 6.47. The summed E-state index contributed by atoms with van der Waals surface area (Å²) in [6.45, 7) is 0. The first-order valence-corrected chi connectivity index (χ1v) is 7.39. The Kier molecular flexibility index (Phi) is 4.35. The zero-order chi connectivity index (χ0) is 17.1. The molecule has 0 unspecified atom stereocenters. The molecule has 0 fully saturated rings. The molecule has 1 aromatic heterocycles. The lowest BCUT2D eigenvalue weighted by Gasteiger charge is -2.06. The van der Waals surface area contributed by atoms with Gasteiger partial charge in [0, 0.05) is 16.8 Å². The lowest BCUT2D eigenvalue weighted by Crippen LogP contribution is -2.15. The number of amides is 1. The van der Waals surface area contributed by atoms with Gasteiger partial charge in [0.2, 0.25) is 0 Å². The quantitative estimate of drug-likeness (QED) is 0.759. The molecule has 3 aromatic rings. The van der Waals surface area contributed by atoms with E-state index in [0.717, 1.165) is 0 Å². The highest BCUT2D eigenvalue weighted by atomic mass is 35.5. The molecule has 0 saturated heterocycles. The lowest BCUT2D eigenvalue weighted by molar-refractivity contribution is 0.102. The highest BCUT2D eigenvalue weighted by Crippen LogP contribution is 2.21. The van der Waals surface area contributed by atoms with Gasteiger partial charge in [0.05, 0.1) is 12.8 Å². The van der Waals surface area contributed by atoms with Crippen molar-refractivity contribution in [3.05, 3.63) is 59.2 Å². The third kappa shape index (κ3) is 3.16. The number of rotatable bonds is 4. The van der Waals surface area contributed by atoms with Crippen molar-refractivity contribution < 1.29 is 9.53 Å². The summed E-state index contributed by atoms with van der Waals surface area (Å²) in [5.74, 6) is 0.287. The van der Waals surface area contributed by atoms with Gasteiger partial charge in [-0.25, -0.2) is 0 Å². The fraction of sp³-hybridized carbons (Fsp3) is 0.0625. The largest absolute Gasteiger partial charge is 0.497 e. The van der Waals surface area contributed by atoms with Crippen molar-refractivity contribution in [3.8, 4) is 11.4 Å². The van der Waals surface area contributed by atoms with Crippen LogP contribution in [0.5, 0.6) is 5.75 Å². The molecule has 7 nitrogen and oxygen atoms in total. The molecule has 0 aliphatic carbocycles. The number of ether oxygens (including phenoxy) is 1. The Bertz CT molecular complexity index is 894. The van der Waals surface area contributed by atoms with Crippen LogP contribution in [0.2, 0.25) is 5.02 Å². The number of halogens is 1. The van der Waals surface area contributed by atoms with Crippen LogP contribution in [0.3, 0.4) is 0 Å². The van der Waals surface area contributed by atoms with Crippen LogP contribution < -0.4 is 15.8 Å². The maximum Gasteiger partial charge on any atom is 0.280 e. The molecule has 8 heteroatoms. The highest BCUT2D eigenvalue weighted by molar-refractivity contribution is 6.30. The number of benzene rings is 2. The van der Waals surface area contributed by atoms with Gasteiger partial charge in [0.25, 0.3) is 5.91 Å². The second-order valence-electron chi connectivity index (χ2n) is 4.90. The summed E-state index contributed by atoms with van der Waals surface area (Å²) in [6, 6.07) is 13.9. The zero-order valence-electron chi connectivity index (χ0n) is 12.7. The summed E-state index contributed by atoms with van der Waals surface area (Å²) >= 11 is 5.96. The smallest absolute Gasteiger partial charge is 0.280 e. The van der Waals surface area contributed by atoms with Gasteiger partial charge < -0.3 is 15.8 Å². The van der Waals surface area contributed by atoms with Crippen LogP contribution in [0.4, 0.5) is 11.5 Å². The number of nitrogens with zero attached hydrogens (tertiary/aromatic N) is 3. The van der Waals surface area contributed by atoms with Crippen molar-refractivity contribution in [2.24, 2.45) is 0 Å². The van der Waals surface area contributed by atoms with Crippen molar-refractivity contribution in [2.45, 2.75) is 0 Å². The van der Waals surface area contributed by atoms with Crippen LogP contribution in [0.15, 0.2) is 48.5 Å². The van der Waals surface area contributed by atoms with Gasteiger partial charge in [0.15, 0.2) is 11.5 Å². The average Bonchev–Trinajstić information content (AvgIpc) is 2.96. The van der Waals surface area contributed by atoms with Crippen molar-refractivity contribution in [2.75, 3.05) is 18.2 Å². The molecule has 0 radical (unpaired) electrons. The van der Waals surface area contributed by atoms with Crippen molar-refractivity contribution in [3.63, 3.8) is 0 Å². The first-order valence-electron chi connectivity index (χ1n) is 7.01. The SMILES string of the molecule is COc1cccc(NC(=O)c2nnn(-c3cccc(Cl)c3)c2N)c1. The van der Waals surface area contributed by atoms with Crippen LogP contribution in [0.1, 0.15) is 10.5 Å². The Morgan fingerprint density at radius 1 is 1.25 bits per heavy atom. The van der Waals surface area contributed by atoms with Gasteiger partial charge in [-0.15, -0.1) is 5.10 Å². The first kappa shape index (κ1) is 15.8. The number of nitrogens with two attached hydrogens (primary N) is 1. The number of methoxy groups -OCH3 is 1. The molecule has 24 heavy (non-hydrogen) atoms. The fourth-order valence-electron chi connectivity index (χ4n) is 2.14. The third-order valence-electron chi connectivity index (χ3n) is 3.30. The number of anilines is 2. The summed E-state index contributed by atoms with van der Waals surface area (Å²) in [5, 5.41) is 11.0. The predicted octanol–water partition coefficient (Wildman–Crippen LogP) is 2.76. The van der Waals surface area contributed by atoms with E-state index >= 15 is 0 Å². The molecule has 1 amide bonds. The van der Waals surface area contributed by atoms with Gasteiger partial charge in [0.1, 0.15) is 5.75 Å². The van der Waals surface area contributed by atoms with Crippen LogP contribution in [-0.4, -0.2) is 28.0 Å². The van der Waals surface area contributed by atoms with E-state index in [1.165, 1.54) is 4.68 Å². The topological polar surface area (TPSA) is 95.1 Å². The predicted molar refractivity (Wildman–Crippen MR) is 91.7 cm³/mol. The van der Waals surface area contributed by atoms with E-state index in [-0.39, 0.29) is 11.5 Å². The highest BCUT2D eigenvalue weighted by Gasteiger charge is 2.18. The van der Waals surface area contributed by atoms with E-state index in [4.69, 9.17) is 22.1 Å². The molecule has 0 saturated carbocycles. The average molecular weight is 344 g/mol. The Hall–Kier alpha value is -3.06. The summed E-state index contributed by atoms with van der Waals surface area (Å²) in [7, 11) is 1.55. The second kappa shape index (κ2) is 6.59. The van der Waals surface area contributed by atoms with Crippen LogP contribution in [-0.2, 0) is 0 Å². The number of carbonyl (C=O) groups excluding carboxylic acids is 1. The summed E-state index contributed by atoms with van der Waals surface area (Å²) in [4.78, 5) is 12.4. The van der Waals surface area contributed by atoms with Gasteiger partial charge in [-0.3, -0.25) is 4.79 Å². The third-order valence-corrected chi connectivity index (χ3v) is 3.54. The minimum atomic E-state index is -0.464. The molecule has 0 aliphatic heterocycles. The van der Waals surface area contributed by atoms with Gasteiger partial charge in [-0.1, -0.05) is 28.9 Å². The van der Waals surface area contributed by atoms with Gasteiger partial charge in [-0.05, 0) is 30.3 Å². The standard InChI is InChI=1S/C16H14ClN5O2/c1-24-13-7-3-5-11(9-13)19-16(23)14-15(18)22(21-20-14)12-6-2-4-10(17)8-12/h2-9H,18H2,1H3,(H,19,23). The van der Waals surface area contributed by atoms with Gasteiger partial charge >= 0.3 is 0 Å². The van der Waals surface area contributed by atoms with E-state index < -0.39 is 5.91 Å². The van der Waals surface area contributed by atoms with Crippen molar-refractivity contribution in [1.82, 2.24) is 15.0 Å². The number of carbonyl (C=O) groups is 1. The normalized spacial score (nSPS) is 10.4. The zero-order valence-corrected chi connectivity index (χ0v) is 13.5. The maximum atomic E-state index is 12.4. The number of hydrogen-bond acceptors (Lipinski definition) is 5. The fourth-order valence-corrected chi connectivity index (χ4v) is 2.33. The lowest BCUT2D eigenvalue weighted by atomic mass is 10.3. The second-order valence-corrected chi connectivity index (χ2v) is 5.34. The Balaban J connectivity index is 1.86. The molecule has 0 bridgehead atoms. The molecular weight excluding hydrogens is 330 g/mol. The number of nitrogen functional groups attached to an aromatic ring is 1. The molecule has 3 N–H and O–H groups in total. The van der Waals surface area contributed by atoms with Crippen molar-refractivity contribution >= 4 is 29.0 Å². The summed E-state index contributed by atoms with van der Waals surface area (Å²) in [5.41, 5.74) is 7.22. The minimum Gasteiger partial charge on any atom is -0.497 e. The Morgan fingerprint density at radius 2 is 2.04 bits per heavy atom. The van der Waals surface area contributed by atoms with Gasteiger partial charge in [-0.2, -0.15) is 4.68 Å². The molecule has 3 rings (SSSR count). The Morgan fingerprint density at radius 3 is 2.79 bits per heavy atom. The minimum absolute atomic E-state index is 0.0257. The monoisotopic (exact) mass is 343 g/mol. The van der Waals surface area contributed by atoms with Crippen molar-refractivity contribution in [1.29, 1.82) is 0 Å². The number of nitrogens with one attached hydrogen (secondary N) is 1. The van der Waals surface area contributed by atoms with E-state index in [1.54, 1.807) is 55.6 Å². The molecule has 1 heterocycles. The molecule has 0 atom stereocenters. The van der Waals surface area contributed by atoms with Crippen LogP contribution in [0.25, 0.3) is 5.69 Å². The molecule has 2 aromatic carbocycles. The van der Waals surface area contributed by atoms with E-state index in [1.807, 2.05) is 0 Å². The number of aromatic nitrogens is 3. The van der Waals surface area contributed by atoms with E-state index in [0.29, 0.717) is 22.1 Å². The van der Waals surface area contributed by atoms with E-state index in [9.17, 15) is 4.79 Å². The maximum absolute atomic E-state index is 12.4. The van der Waals surface area contributed by atoms with E-state index in [2.05, 4.69) is 15.6 Å². The van der Waals surface area contributed by atoms with Crippen LogP contribution in [0, 0.1) is 0 Å². The molecule has 0 spiro atoms. The molecule has 122 valence electrons.